The number of rotatable bonds is 6. The van der Waals surface area contributed by atoms with E-state index in [9.17, 15) is 9.59 Å². The summed E-state index contributed by atoms with van der Waals surface area (Å²) in [6.45, 7) is 1.80. The molecule has 1 heterocycles. The number of Topliss-reactive ketones (excluding diaryl/α,β-unsaturated/α-hetero) is 1. The van der Waals surface area contributed by atoms with Gasteiger partial charge in [0.1, 0.15) is 5.84 Å². The molecule has 1 amide bonds. The van der Waals surface area contributed by atoms with Gasteiger partial charge in [-0.3, -0.25) is 15.0 Å². The quantitative estimate of drug-likeness (QED) is 0.203. The number of anilines is 1. The molecule has 0 unspecified atom stereocenters. The largest absolute Gasteiger partial charge is 0.353 e. The predicted octanol–water partition coefficient (Wildman–Crippen LogP) is 5.95. The molecule has 5 nitrogen and oxygen atoms in total. The Labute approximate surface area is 197 Å². The fraction of sp³-hybridized carbons (Fsp3) is 0.160. The lowest BCUT2D eigenvalue weighted by atomic mass is 9.97. The first-order chi connectivity index (χ1) is 14.9. The number of amidine groups is 1. The van der Waals surface area contributed by atoms with Gasteiger partial charge in [0.2, 0.25) is 0 Å². The normalized spacial score (nSPS) is 12.0. The van der Waals surface area contributed by atoms with Crippen molar-refractivity contribution in [2.75, 3.05) is 18.4 Å². The van der Waals surface area contributed by atoms with Gasteiger partial charge in [0.05, 0.1) is 0 Å². The fourth-order valence-electron chi connectivity index (χ4n) is 3.19. The van der Waals surface area contributed by atoms with Crippen LogP contribution in [-0.4, -0.2) is 35.5 Å². The maximum absolute atomic E-state index is 12.9. The van der Waals surface area contributed by atoms with E-state index in [-0.39, 0.29) is 25.5 Å². The number of carbonyl (C=O) groups excluding carboxylic acids is 2. The number of nitrogens with one attached hydrogen (secondary N) is 2. The highest BCUT2D eigenvalue weighted by molar-refractivity contribution is 6.31. The SMILES string of the molecule is C.N=C(c1ccc(C(=O)Cc2ccc(Cl)cc2C(=O)Nc2ccc(Cl)cc2)cc1)N1CC1. The van der Waals surface area contributed by atoms with E-state index in [0.29, 0.717) is 38.3 Å². The summed E-state index contributed by atoms with van der Waals surface area (Å²) in [5, 5.41) is 11.9. The summed E-state index contributed by atoms with van der Waals surface area (Å²) in [7, 11) is 0. The van der Waals surface area contributed by atoms with E-state index in [4.69, 9.17) is 28.6 Å². The summed E-state index contributed by atoms with van der Waals surface area (Å²) >= 11 is 12.0. The van der Waals surface area contributed by atoms with E-state index in [1.807, 2.05) is 4.90 Å². The van der Waals surface area contributed by atoms with Crippen LogP contribution in [0.4, 0.5) is 5.69 Å². The van der Waals surface area contributed by atoms with E-state index in [1.165, 1.54) is 0 Å². The van der Waals surface area contributed by atoms with Crippen LogP contribution in [0.15, 0.2) is 66.7 Å². The van der Waals surface area contributed by atoms with Crippen molar-refractivity contribution in [3.05, 3.63) is 99.0 Å². The highest BCUT2D eigenvalue weighted by atomic mass is 35.5. The average molecular weight is 468 g/mol. The minimum Gasteiger partial charge on any atom is -0.353 e. The third-order valence-corrected chi connectivity index (χ3v) is 5.50. The van der Waals surface area contributed by atoms with Gasteiger partial charge in [-0.1, -0.05) is 61.0 Å². The standard InChI is InChI=1S/C24H19Cl2N3O2.CH4/c25-18-7-9-20(10-8-18)28-24(31)21-14-19(26)6-5-17(21)13-22(30)15-1-3-16(4-2-15)23(27)29-11-12-29;/h1-10,14,27H,11-13H2,(H,28,31);1H4. The summed E-state index contributed by atoms with van der Waals surface area (Å²) < 4.78 is 0. The third-order valence-electron chi connectivity index (χ3n) is 5.01. The number of hydrogen-bond donors (Lipinski definition) is 2. The molecule has 0 radical (unpaired) electrons. The minimum absolute atomic E-state index is 0. The maximum Gasteiger partial charge on any atom is 0.256 e. The number of carbonyl (C=O) groups is 2. The molecule has 0 spiro atoms. The van der Waals surface area contributed by atoms with Gasteiger partial charge < -0.3 is 10.2 Å². The second kappa shape index (κ2) is 9.98. The molecule has 2 N–H and O–H groups in total. The van der Waals surface area contributed by atoms with Crippen molar-refractivity contribution in [1.82, 2.24) is 4.90 Å². The van der Waals surface area contributed by atoms with Crippen molar-refractivity contribution >= 4 is 46.4 Å². The number of amides is 1. The molecule has 0 aliphatic carbocycles. The van der Waals surface area contributed by atoms with Crippen LogP contribution in [0.1, 0.15) is 39.3 Å². The lowest BCUT2D eigenvalue weighted by Crippen LogP contribution is -2.16. The molecule has 0 bridgehead atoms. The number of ketones is 1. The van der Waals surface area contributed by atoms with E-state index < -0.39 is 0 Å². The topological polar surface area (TPSA) is 73.0 Å². The minimum atomic E-state index is -0.352. The van der Waals surface area contributed by atoms with E-state index in [1.54, 1.807) is 66.7 Å². The number of hydrogen-bond acceptors (Lipinski definition) is 3. The molecule has 0 aromatic heterocycles. The van der Waals surface area contributed by atoms with Crippen molar-refractivity contribution in [2.45, 2.75) is 13.8 Å². The van der Waals surface area contributed by atoms with Crippen molar-refractivity contribution < 1.29 is 9.59 Å². The van der Waals surface area contributed by atoms with Gasteiger partial charge in [-0.05, 0) is 42.0 Å². The van der Waals surface area contributed by atoms with Crippen molar-refractivity contribution in [3.63, 3.8) is 0 Å². The molecule has 1 aliphatic rings. The molecule has 1 saturated heterocycles. The summed E-state index contributed by atoms with van der Waals surface area (Å²) in [5.41, 5.74) is 2.83. The zero-order valence-corrected chi connectivity index (χ0v) is 18.0. The molecule has 1 aliphatic heterocycles. The second-order valence-electron chi connectivity index (χ2n) is 7.28. The van der Waals surface area contributed by atoms with Gasteiger partial charge in [-0.2, -0.15) is 0 Å². The highest BCUT2D eigenvalue weighted by Crippen LogP contribution is 2.21. The molecular weight excluding hydrogens is 445 g/mol. The molecule has 4 rings (SSSR count). The van der Waals surface area contributed by atoms with Crippen LogP contribution >= 0.6 is 23.2 Å². The number of benzene rings is 3. The Hall–Kier alpha value is -3.15. The van der Waals surface area contributed by atoms with Crippen LogP contribution in [0.5, 0.6) is 0 Å². The first-order valence-corrected chi connectivity index (χ1v) is 10.5. The molecule has 32 heavy (non-hydrogen) atoms. The van der Waals surface area contributed by atoms with Gasteiger partial charge in [0.15, 0.2) is 5.78 Å². The maximum atomic E-state index is 12.9. The molecule has 0 saturated carbocycles. The van der Waals surface area contributed by atoms with Gasteiger partial charge in [-0.25, -0.2) is 0 Å². The van der Waals surface area contributed by atoms with Gasteiger partial charge in [0, 0.05) is 51.9 Å². The van der Waals surface area contributed by atoms with Crippen molar-refractivity contribution in [2.24, 2.45) is 0 Å². The molecule has 7 heteroatoms. The number of nitrogens with zero attached hydrogens (tertiary/aromatic N) is 1. The van der Waals surface area contributed by atoms with Crippen molar-refractivity contribution in [1.29, 1.82) is 5.41 Å². The molecule has 0 atom stereocenters. The summed E-state index contributed by atoms with van der Waals surface area (Å²) in [5.74, 6) is 0.000400. The zero-order chi connectivity index (χ0) is 22.0. The lowest BCUT2D eigenvalue weighted by molar-refractivity contribution is 0.0992. The summed E-state index contributed by atoms with van der Waals surface area (Å²) in [6, 6.07) is 18.7. The van der Waals surface area contributed by atoms with Crippen LogP contribution in [0.25, 0.3) is 0 Å². The predicted molar refractivity (Wildman–Crippen MR) is 130 cm³/mol. The molecule has 3 aromatic rings. The highest BCUT2D eigenvalue weighted by Gasteiger charge is 2.22. The van der Waals surface area contributed by atoms with Crippen molar-refractivity contribution in [3.8, 4) is 0 Å². The first kappa shape index (κ1) is 23.5. The van der Waals surface area contributed by atoms with E-state index in [0.717, 1.165) is 18.7 Å². The molecule has 3 aromatic carbocycles. The van der Waals surface area contributed by atoms with E-state index >= 15 is 0 Å². The van der Waals surface area contributed by atoms with E-state index in [2.05, 4.69) is 5.32 Å². The van der Waals surface area contributed by atoms with Crippen LogP contribution in [0, 0.1) is 5.41 Å². The molecule has 164 valence electrons. The first-order valence-electron chi connectivity index (χ1n) is 9.73. The van der Waals surface area contributed by atoms with Crippen LogP contribution in [-0.2, 0) is 6.42 Å². The molecule has 1 fully saturated rings. The zero-order valence-electron chi connectivity index (χ0n) is 16.5. The monoisotopic (exact) mass is 467 g/mol. The smallest absolute Gasteiger partial charge is 0.256 e. The fourth-order valence-corrected chi connectivity index (χ4v) is 3.49. The Morgan fingerprint density at radius 1 is 0.875 bits per heavy atom. The lowest BCUT2D eigenvalue weighted by Gasteiger charge is -2.11. The van der Waals surface area contributed by atoms with Crippen LogP contribution < -0.4 is 5.32 Å². The Morgan fingerprint density at radius 3 is 2.09 bits per heavy atom. The Bertz CT molecular complexity index is 1150. The van der Waals surface area contributed by atoms with Crippen LogP contribution in [0.3, 0.4) is 0 Å². The van der Waals surface area contributed by atoms with Gasteiger partial charge in [-0.15, -0.1) is 0 Å². The Morgan fingerprint density at radius 2 is 1.47 bits per heavy atom. The molecular formula is C25H23Cl2N3O2. The summed E-state index contributed by atoms with van der Waals surface area (Å²) in [6.07, 6.45) is 0.0590. The third kappa shape index (κ3) is 5.55. The summed E-state index contributed by atoms with van der Waals surface area (Å²) in [4.78, 5) is 27.6. The van der Waals surface area contributed by atoms with Gasteiger partial charge in [0.25, 0.3) is 5.91 Å². The number of halogens is 2. The average Bonchev–Trinajstić information content (AvgIpc) is 3.61. The second-order valence-corrected chi connectivity index (χ2v) is 8.15. The Kier molecular flexibility index (Phi) is 7.33. The van der Waals surface area contributed by atoms with Crippen LogP contribution in [0.2, 0.25) is 10.0 Å². The van der Waals surface area contributed by atoms with Gasteiger partial charge >= 0.3 is 0 Å². The Balaban J connectivity index is 0.00000289.